The number of urea groups is 1. The molecular formula is C22H23ClN4O6S. The third-order valence-corrected chi connectivity index (χ3v) is 7.76. The Morgan fingerprint density at radius 2 is 1.68 bits per heavy atom. The van der Waals surface area contributed by atoms with Crippen molar-refractivity contribution in [3.05, 3.63) is 53.6 Å². The summed E-state index contributed by atoms with van der Waals surface area (Å²) in [4.78, 5) is 40.3. The topological polar surface area (TPSA) is 116 Å². The molecule has 0 aromatic heterocycles. The van der Waals surface area contributed by atoms with Gasteiger partial charge in [0.05, 0.1) is 18.1 Å². The molecule has 2 aliphatic rings. The van der Waals surface area contributed by atoms with E-state index in [1.807, 2.05) is 0 Å². The van der Waals surface area contributed by atoms with Crippen molar-refractivity contribution in [1.82, 2.24) is 9.21 Å². The second-order valence-electron chi connectivity index (χ2n) is 7.82. The molecular weight excluding hydrogens is 484 g/mol. The molecule has 10 nitrogen and oxygen atoms in total. The molecule has 2 saturated heterocycles. The molecule has 2 aliphatic heterocycles. The van der Waals surface area contributed by atoms with Gasteiger partial charge in [-0.2, -0.15) is 4.31 Å². The van der Waals surface area contributed by atoms with Gasteiger partial charge >= 0.3 is 6.03 Å². The smallest absolute Gasteiger partial charge is 0.332 e. The summed E-state index contributed by atoms with van der Waals surface area (Å²) in [6.07, 6.45) is 0. The van der Waals surface area contributed by atoms with Gasteiger partial charge in [0.15, 0.2) is 0 Å². The maximum atomic E-state index is 12.8. The number of anilines is 2. The summed E-state index contributed by atoms with van der Waals surface area (Å²) in [7, 11) is -3.65. The van der Waals surface area contributed by atoms with Gasteiger partial charge in [0.25, 0.3) is 5.91 Å². The van der Waals surface area contributed by atoms with E-state index in [0.29, 0.717) is 29.6 Å². The predicted molar refractivity (Wildman–Crippen MR) is 125 cm³/mol. The van der Waals surface area contributed by atoms with Crippen LogP contribution >= 0.6 is 11.6 Å². The lowest BCUT2D eigenvalue weighted by Gasteiger charge is -2.26. The van der Waals surface area contributed by atoms with Crippen LogP contribution in [0.3, 0.4) is 0 Å². The highest BCUT2D eigenvalue weighted by atomic mass is 35.5. The molecule has 0 spiro atoms. The summed E-state index contributed by atoms with van der Waals surface area (Å²) in [6.45, 7) is 2.36. The first-order chi connectivity index (χ1) is 16.2. The highest BCUT2D eigenvalue weighted by Gasteiger charge is 2.44. The standard InChI is InChI=1S/C22H23ClN4O6S/c1-15-21(29)26(22(30)27(15)18-6-2-16(23)3-7-18)14-20(28)24-17-4-8-19(9-5-17)34(31,32)25-10-12-33-13-11-25/h2-9,15H,10-14H2,1H3,(H,24,28). The number of benzene rings is 2. The Hall–Kier alpha value is -2.99. The summed E-state index contributed by atoms with van der Waals surface area (Å²) >= 11 is 5.89. The van der Waals surface area contributed by atoms with Gasteiger partial charge in [-0.05, 0) is 55.5 Å². The molecule has 4 amide bonds. The normalized spacial score (nSPS) is 19.5. The fraction of sp³-hybridized carbons (Fsp3) is 0.318. The number of morpholine rings is 1. The average Bonchev–Trinajstić information content (AvgIpc) is 3.04. The predicted octanol–water partition coefficient (Wildman–Crippen LogP) is 2.16. The first kappa shape index (κ1) is 24.1. The van der Waals surface area contributed by atoms with Crippen LogP contribution in [-0.2, 0) is 24.3 Å². The molecule has 1 unspecified atom stereocenters. The minimum atomic E-state index is -3.65. The van der Waals surface area contributed by atoms with Gasteiger partial charge < -0.3 is 10.1 Å². The van der Waals surface area contributed by atoms with Crippen molar-refractivity contribution in [2.75, 3.05) is 43.1 Å². The van der Waals surface area contributed by atoms with E-state index >= 15 is 0 Å². The molecule has 12 heteroatoms. The molecule has 0 saturated carbocycles. The van der Waals surface area contributed by atoms with Crippen LogP contribution in [0.15, 0.2) is 53.4 Å². The minimum absolute atomic E-state index is 0.102. The molecule has 1 atom stereocenters. The van der Waals surface area contributed by atoms with Crippen LogP contribution in [-0.4, -0.2) is 74.4 Å². The number of amides is 4. The maximum absolute atomic E-state index is 12.8. The van der Waals surface area contributed by atoms with E-state index < -0.39 is 40.5 Å². The number of carbonyl (C=O) groups is 3. The molecule has 2 aromatic carbocycles. The number of hydrogen-bond acceptors (Lipinski definition) is 6. The molecule has 4 rings (SSSR count). The average molecular weight is 507 g/mol. The fourth-order valence-corrected chi connectivity index (χ4v) is 5.33. The Kier molecular flexibility index (Phi) is 6.89. The summed E-state index contributed by atoms with van der Waals surface area (Å²) in [5.41, 5.74) is 0.836. The van der Waals surface area contributed by atoms with Crippen molar-refractivity contribution in [2.45, 2.75) is 17.9 Å². The lowest BCUT2D eigenvalue weighted by atomic mass is 10.2. The fourth-order valence-electron chi connectivity index (χ4n) is 3.80. The molecule has 2 heterocycles. The van der Waals surface area contributed by atoms with Gasteiger partial charge in [0.1, 0.15) is 12.6 Å². The van der Waals surface area contributed by atoms with Crippen LogP contribution in [0.5, 0.6) is 0 Å². The van der Waals surface area contributed by atoms with E-state index in [1.54, 1.807) is 31.2 Å². The van der Waals surface area contributed by atoms with Crippen LogP contribution in [0.4, 0.5) is 16.2 Å². The first-order valence-corrected chi connectivity index (χ1v) is 12.4. The van der Waals surface area contributed by atoms with E-state index in [4.69, 9.17) is 16.3 Å². The third kappa shape index (κ3) is 4.78. The molecule has 2 aromatic rings. The Labute approximate surface area is 202 Å². The maximum Gasteiger partial charge on any atom is 0.332 e. The highest BCUT2D eigenvalue weighted by Crippen LogP contribution is 2.27. The van der Waals surface area contributed by atoms with Gasteiger partial charge in [-0.25, -0.2) is 13.2 Å². The van der Waals surface area contributed by atoms with Gasteiger partial charge in [-0.1, -0.05) is 11.6 Å². The number of halogens is 1. The van der Waals surface area contributed by atoms with Crippen molar-refractivity contribution in [3.63, 3.8) is 0 Å². The molecule has 0 radical (unpaired) electrons. The van der Waals surface area contributed by atoms with E-state index in [0.717, 1.165) is 4.90 Å². The number of nitrogens with zero attached hydrogens (tertiary/aromatic N) is 3. The van der Waals surface area contributed by atoms with Gasteiger partial charge in [-0.15, -0.1) is 0 Å². The van der Waals surface area contributed by atoms with Crippen molar-refractivity contribution < 1.29 is 27.5 Å². The number of hydrogen-bond donors (Lipinski definition) is 1. The third-order valence-electron chi connectivity index (χ3n) is 5.60. The molecule has 2 fully saturated rings. The molecule has 34 heavy (non-hydrogen) atoms. The van der Waals surface area contributed by atoms with Crippen LogP contribution in [0, 0.1) is 0 Å². The summed E-state index contributed by atoms with van der Waals surface area (Å²) < 4.78 is 32.0. The summed E-state index contributed by atoms with van der Waals surface area (Å²) in [6, 6.07) is 10.8. The highest BCUT2D eigenvalue weighted by molar-refractivity contribution is 7.89. The number of rotatable bonds is 6. The van der Waals surface area contributed by atoms with Gasteiger partial charge in [-0.3, -0.25) is 19.4 Å². The Morgan fingerprint density at radius 3 is 2.29 bits per heavy atom. The van der Waals surface area contributed by atoms with E-state index in [2.05, 4.69) is 5.32 Å². The number of sulfonamides is 1. The van der Waals surface area contributed by atoms with Gasteiger partial charge in [0, 0.05) is 29.5 Å². The van der Waals surface area contributed by atoms with Crippen molar-refractivity contribution in [2.24, 2.45) is 0 Å². The van der Waals surface area contributed by atoms with Crippen LogP contribution in [0.1, 0.15) is 6.92 Å². The summed E-state index contributed by atoms with van der Waals surface area (Å²) in [5, 5.41) is 3.09. The van der Waals surface area contributed by atoms with E-state index in [1.165, 1.54) is 33.5 Å². The minimum Gasteiger partial charge on any atom is -0.379 e. The van der Waals surface area contributed by atoms with Crippen LogP contribution < -0.4 is 10.2 Å². The first-order valence-electron chi connectivity index (χ1n) is 10.6. The number of ether oxygens (including phenoxy) is 1. The second-order valence-corrected chi connectivity index (χ2v) is 10.2. The SMILES string of the molecule is CC1C(=O)N(CC(=O)Nc2ccc(S(=O)(=O)N3CCOCC3)cc2)C(=O)N1c1ccc(Cl)cc1. The monoisotopic (exact) mass is 506 g/mol. The number of imide groups is 1. The quantitative estimate of drug-likeness (QED) is 0.600. The lowest BCUT2D eigenvalue weighted by Crippen LogP contribution is -2.40. The lowest BCUT2D eigenvalue weighted by molar-refractivity contribution is -0.130. The van der Waals surface area contributed by atoms with Gasteiger partial charge in [0.2, 0.25) is 15.9 Å². The molecule has 0 bridgehead atoms. The zero-order chi connectivity index (χ0) is 24.5. The zero-order valence-electron chi connectivity index (χ0n) is 18.3. The largest absolute Gasteiger partial charge is 0.379 e. The molecule has 180 valence electrons. The Bertz CT molecular complexity index is 1200. The van der Waals surface area contributed by atoms with Crippen molar-refractivity contribution in [1.29, 1.82) is 0 Å². The Morgan fingerprint density at radius 1 is 1.06 bits per heavy atom. The van der Waals surface area contributed by atoms with E-state index in [-0.39, 0.29) is 18.0 Å². The number of nitrogens with one attached hydrogen (secondary N) is 1. The molecule has 0 aliphatic carbocycles. The summed E-state index contributed by atoms with van der Waals surface area (Å²) in [5.74, 6) is -1.09. The van der Waals surface area contributed by atoms with Crippen LogP contribution in [0.2, 0.25) is 5.02 Å². The Balaban J connectivity index is 1.41. The second kappa shape index (κ2) is 9.71. The van der Waals surface area contributed by atoms with Crippen LogP contribution in [0.25, 0.3) is 0 Å². The number of carbonyl (C=O) groups excluding carboxylic acids is 3. The van der Waals surface area contributed by atoms with Crippen molar-refractivity contribution in [3.8, 4) is 0 Å². The van der Waals surface area contributed by atoms with Crippen molar-refractivity contribution >= 4 is 50.8 Å². The van der Waals surface area contributed by atoms with E-state index in [9.17, 15) is 22.8 Å². The zero-order valence-corrected chi connectivity index (χ0v) is 19.9. The molecule has 1 N–H and O–H groups in total.